The Hall–Kier alpha value is -1.68. The molecule has 0 fully saturated rings. The molecule has 2 heterocycles. The van der Waals surface area contributed by atoms with Crippen LogP contribution in [0.5, 0.6) is 0 Å². The van der Waals surface area contributed by atoms with Crippen molar-refractivity contribution >= 4 is 17.3 Å². The lowest BCUT2D eigenvalue weighted by atomic mass is 10.2. The smallest absolute Gasteiger partial charge is 0.152 e. The standard InChI is InChI=1S/C14H19N3O/c1-3-16(4-2)8-9-17-10-12(11-18)13-6-5-7-15-14(13)17/h5-7,10-11H,3-4,8-9H2,1-2H3. The summed E-state index contributed by atoms with van der Waals surface area (Å²) in [5.41, 5.74) is 1.62. The fourth-order valence-corrected chi connectivity index (χ4v) is 2.20. The largest absolute Gasteiger partial charge is 0.330 e. The third-order valence-corrected chi connectivity index (χ3v) is 3.34. The zero-order valence-corrected chi connectivity index (χ0v) is 11.0. The second kappa shape index (κ2) is 5.78. The van der Waals surface area contributed by atoms with Gasteiger partial charge in [0, 0.05) is 36.4 Å². The van der Waals surface area contributed by atoms with Crippen LogP contribution in [-0.2, 0) is 6.54 Å². The van der Waals surface area contributed by atoms with Gasteiger partial charge in [0.1, 0.15) is 5.65 Å². The lowest BCUT2D eigenvalue weighted by Crippen LogP contribution is -2.26. The first-order valence-corrected chi connectivity index (χ1v) is 6.41. The molecule has 2 aromatic rings. The number of rotatable bonds is 6. The van der Waals surface area contributed by atoms with Gasteiger partial charge in [-0.1, -0.05) is 13.8 Å². The van der Waals surface area contributed by atoms with Crippen LogP contribution >= 0.6 is 0 Å². The Morgan fingerprint density at radius 1 is 1.39 bits per heavy atom. The number of aldehydes is 1. The van der Waals surface area contributed by atoms with Crippen LogP contribution in [0.25, 0.3) is 11.0 Å². The van der Waals surface area contributed by atoms with E-state index < -0.39 is 0 Å². The van der Waals surface area contributed by atoms with Crippen LogP contribution in [0, 0.1) is 0 Å². The second-order valence-corrected chi connectivity index (χ2v) is 4.30. The maximum atomic E-state index is 11.0. The number of pyridine rings is 1. The summed E-state index contributed by atoms with van der Waals surface area (Å²) in [6, 6.07) is 3.81. The summed E-state index contributed by atoms with van der Waals surface area (Å²) in [5.74, 6) is 0. The van der Waals surface area contributed by atoms with Gasteiger partial charge in [-0.25, -0.2) is 4.98 Å². The lowest BCUT2D eigenvalue weighted by molar-refractivity contribution is 0.112. The molecule has 4 nitrogen and oxygen atoms in total. The first-order valence-electron chi connectivity index (χ1n) is 6.41. The molecule has 2 aromatic heterocycles. The molecule has 0 radical (unpaired) electrons. The molecule has 18 heavy (non-hydrogen) atoms. The van der Waals surface area contributed by atoms with Gasteiger partial charge in [0.15, 0.2) is 6.29 Å². The molecule has 0 aliphatic carbocycles. The highest BCUT2D eigenvalue weighted by molar-refractivity contribution is 5.95. The van der Waals surface area contributed by atoms with E-state index in [1.54, 1.807) is 6.20 Å². The number of carbonyl (C=O) groups is 1. The Morgan fingerprint density at radius 2 is 2.17 bits per heavy atom. The van der Waals surface area contributed by atoms with Gasteiger partial charge >= 0.3 is 0 Å². The lowest BCUT2D eigenvalue weighted by Gasteiger charge is -2.18. The number of nitrogens with zero attached hydrogens (tertiary/aromatic N) is 3. The van der Waals surface area contributed by atoms with E-state index in [1.807, 2.05) is 18.3 Å². The number of fused-ring (bicyclic) bond motifs is 1. The minimum absolute atomic E-state index is 0.720. The molecule has 0 saturated carbocycles. The van der Waals surface area contributed by atoms with E-state index in [0.29, 0.717) is 0 Å². The van der Waals surface area contributed by atoms with Crippen molar-refractivity contribution in [3.05, 3.63) is 30.1 Å². The van der Waals surface area contributed by atoms with Crippen molar-refractivity contribution in [3.8, 4) is 0 Å². The summed E-state index contributed by atoms with van der Waals surface area (Å²) >= 11 is 0. The maximum absolute atomic E-state index is 11.0. The van der Waals surface area contributed by atoms with Gasteiger partial charge in [-0.3, -0.25) is 4.79 Å². The van der Waals surface area contributed by atoms with E-state index in [1.165, 1.54) is 0 Å². The Bertz CT molecular complexity index is 529. The molecule has 96 valence electrons. The van der Waals surface area contributed by atoms with E-state index in [2.05, 4.69) is 28.3 Å². The van der Waals surface area contributed by atoms with Gasteiger partial charge in [-0.05, 0) is 25.2 Å². The van der Waals surface area contributed by atoms with Gasteiger partial charge < -0.3 is 9.47 Å². The molecule has 4 heteroatoms. The van der Waals surface area contributed by atoms with E-state index in [4.69, 9.17) is 0 Å². The summed E-state index contributed by atoms with van der Waals surface area (Å²) in [6.07, 6.45) is 4.57. The first-order chi connectivity index (χ1) is 8.80. The Kier molecular flexibility index (Phi) is 4.10. The molecular formula is C14H19N3O. The molecule has 0 amide bonds. The number of carbonyl (C=O) groups excluding carboxylic acids is 1. The Labute approximate surface area is 107 Å². The van der Waals surface area contributed by atoms with Gasteiger partial charge in [0.25, 0.3) is 0 Å². The first kappa shape index (κ1) is 12.8. The highest BCUT2D eigenvalue weighted by Gasteiger charge is 2.09. The fourth-order valence-electron chi connectivity index (χ4n) is 2.20. The van der Waals surface area contributed by atoms with Crippen molar-refractivity contribution in [1.29, 1.82) is 0 Å². The predicted octanol–water partition coefficient (Wildman–Crippen LogP) is 2.19. The number of hydrogen-bond donors (Lipinski definition) is 0. The van der Waals surface area contributed by atoms with Crippen LogP contribution in [0.4, 0.5) is 0 Å². The van der Waals surface area contributed by atoms with E-state index in [9.17, 15) is 4.79 Å². The van der Waals surface area contributed by atoms with Crippen LogP contribution in [0.15, 0.2) is 24.5 Å². The van der Waals surface area contributed by atoms with Crippen molar-refractivity contribution in [2.75, 3.05) is 19.6 Å². The zero-order valence-electron chi connectivity index (χ0n) is 11.0. The van der Waals surface area contributed by atoms with Crippen LogP contribution < -0.4 is 0 Å². The van der Waals surface area contributed by atoms with Crippen LogP contribution in [0.2, 0.25) is 0 Å². The summed E-state index contributed by atoms with van der Waals surface area (Å²) in [4.78, 5) is 17.8. The van der Waals surface area contributed by atoms with Crippen molar-refractivity contribution in [2.45, 2.75) is 20.4 Å². The Morgan fingerprint density at radius 3 is 2.83 bits per heavy atom. The molecule has 0 aromatic carbocycles. The Balaban J connectivity index is 2.25. The molecule has 0 bridgehead atoms. The molecule has 0 spiro atoms. The molecule has 0 atom stereocenters. The van der Waals surface area contributed by atoms with Crippen LogP contribution in [0.1, 0.15) is 24.2 Å². The SMILES string of the molecule is CCN(CC)CCn1cc(C=O)c2cccnc21. The van der Waals surface area contributed by atoms with Gasteiger partial charge in [-0.15, -0.1) is 0 Å². The van der Waals surface area contributed by atoms with Crippen molar-refractivity contribution < 1.29 is 4.79 Å². The van der Waals surface area contributed by atoms with Crippen molar-refractivity contribution in [2.24, 2.45) is 0 Å². The summed E-state index contributed by atoms with van der Waals surface area (Å²) < 4.78 is 2.07. The molecule has 0 saturated heterocycles. The second-order valence-electron chi connectivity index (χ2n) is 4.30. The quantitative estimate of drug-likeness (QED) is 0.732. The molecule has 0 aliphatic heterocycles. The van der Waals surface area contributed by atoms with Crippen LogP contribution in [-0.4, -0.2) is 40.4 Å². The summed E-state index contributed by atoms with van der Waals surface area (Å²) in [6.45, 7) is 8.25. The number of hydrogen-bond acceptors (Lipinski definition) is 3. The van der Waals surface area contributed by atoms with E-state index >= 15 is 0 Å². The topological polar surface area (TPSA) is 38.1 Å². The zero-order chi connectivity index (χ0) is 13.0. The fraction of sp³-hybridized carbons (Fsp3) is 0.429. The maximum Gasteiger partial charge on any atom is 0.152 e. The number of likely N-dealkylation sites (N-methyl/N-ethyl adjacent to an activating group) is 1. The van der Waals surface area contributed by atoms with Gasteiger partial charge in [-0.2, -0.15) is 0 Å². The monoisotopic (exact) mass is 245 g/mol. The highest BCUT2D eigenvalue weighted by Crippen LogP contribution is 2.17. The van der Waals surface area contributed by atoms with Crippen molar-refractivity contribution in [3.63, 3.8) is 0 Å². The van der Waals surface area contributed by atoms with E-state index in [-0.39, 0.29) is 0 Å². The highest BCUT2D eigenvalue weighted by atomic mass is 16.1. The third-order valence-electron chi connectivity index (χ3n) is 3.34. The van der Waals surface area contributed by atoms with E-state index in [0.717, 1.165) is 49.1 Å². The predicted molar refractivity (Wildman–Crippen MR) is 72.9 cm³/mol. The van der Waals surface area contributed by atoms with Gasteiger partial charge in [0.2, 0.25) is 0 Å². The normalized spacial score (nSPS) is 11.3. The molecule has 0 N–H and O–H groups in total. The minimum atomic E-state index is 0.720. The molecule has 2 rings (SSSR count). The average Bonchev–Trinajstić information content (AvgIpc) is 2.78. The van der Waals surface area contributed by atoms with Crippen molar-refractivity contribution in [1.82, 2.24) is 14.5 Å². The molecular weight excluding hydrogens is 226 g/mol. The minimum Gasteiger partial charge on any atom is -0.330 e. The summed E-state index contributed by atoms with van der Waals surface area (Å²) in [7, 11) is 0. The third kappa shape index (κ3) is 2.43. The van der Waals surface area contributed by atoms with Crippen LogP contribution in [0.3, 0.4) is 0 Å². The number of aromatic nitrogens is 2. The average molecular weight is 245 g/mol. The molecule has 0 aliphatic rings. The molecule has 0 unspecified atom stereocenters. The van der Waals surface area contributed by atoms with Gasteiger partial charge in [0.05, 0.1) is 0 Å². The summed E-state index contributed by atoms with van der Waals surface area (Å²) in [5, 5.41) is 0.937.